The van der Waals surface area contributed by atoms with Crippen LogP contribution in [0.1, 0.15) is 11.1 Å². The summed E-state index contributed by atoms with van der Waals surface area (Å²) in [6, 6.07) is 4.77. The molecule has 1 aromatic rings. The smallest absolute Gasteiger partial charge is 0.293 e. The van der Waals surface area contributed by atoms with E-state index < -0.39 is 11.5 Å². The van der Waals surface area contributed by atoms with Gasteiger partial charge in [-0.25, -0.2) is 0 Å². The average Bonchev–Trinajstić information content (AvgIpc) is 2.17. The zero-order valence-corrected chi connectivity index (χ0v) is 9.06. The summed E-state index contributed by atoms with van der Waals surface area (Å²) in [5.41, 5.74) is -0.143. The Bertz CT molecular complexity index is 425. The lowest BCUT2D eigenvalue weighted by Crippen LogP contribution is -2.00. The third-order valence-corrected chi connectivity index (χ3v) is 2.57. The van der Waals surface area contributed by atoms with Crippen molar-refractivity contribution in [2.24, 2.45) is 0 Å². The monoisotopic (exact) mass is 304 g/mol. The van der Waals surface area contributed by atoms with Crippen LogP contribution in [0.5, 0.6) is 0 Å². The molecule has 0 heterocycles. The minimum atomic E-state index is -0.647. The molecule has 0 saturated heterocycles. The van der Waals surface area contributed by atoms with Gasteiger partial charge in [-0.15, -0.1) is 0 Å². The van der Waals surface area contributed by atoms with Crippen LogP contribution >= 0.6 is 22.6 Å². The maximum absolute atomic E-state index is 10.7. The first kappa shape index (κ1) is 10.9. The van der Waals surface area contributed by atoms with Crippen molar-refractivity contribution in [1.29, 1.82) is 5.26 Å². The molecule has 0 aliphatic carbocycles. The minimum absolute atomic E-state index is 0.00199. The topological polar surface area (TPSA) is 87.2 Å². The van der Waals surface area contributed by atoms with Gasteiger partial charge in [-0.3, -0.25) is 10.1 Å². The molecule has 72 valence electrons. The Labute approximate surface area is 93.3 Å². The van der Waals surface area contributed by atoms with E-state index in [0.717, 1.165) is 0 Å². The van der Waals surface area contributed by atoms with Crippen LogP contribution in [-0.2, 0) is 6.61 Å². The Kier molecular flexibility index (Phi) is 3.38. The first-order valence-corrected chi connectivity index (χ1v) is 4.66. The Balaban J connectivity index is 3.54. The van der Waals surface area contributed by atoms with Gasteiger partial charge in [0.1, 0.15) is 11.6 Å². The lowest BCUT2D eigenvalue weighted by molar-refractivity contribution is -0.386. The molecule has 1 aromatic carbocycles. The second-order valence-corrected chi connectivity index (χ2v) is 3.62. The van der Waals surface area contributed by atoms with Crippen LogP contribution in [0.15, 0.2) is 12.1 Å². The molecule has 0 atom stereocenters. The van der Waals surface area contributed by atoms with Crippen LogP contribution < -0.4 is 0 Å². The van der Waals surface area contributed by atoms with Gasteiger partial charge in [0.25, 0.3) is 5.69 Å². The van der Waals surface area contributed by atoms with Gasteiger partial charge in [0, 0.05) is 3.57 Å². The quantitative estimate of drug-likeness (QED) is 0.510. The Morgan fingerprint density at radius 3 is 2.71 bits per heavy atom. The SMILES string of the molecule is N#Cc1c(I)ccc(CO)c1[N+](=O)[O-]. The fourth-order valence-electron chi connectivity index (χ4n) is 1.05. The number of hydrogen-bond acceptors (Lipinski definition) is 4. The van der Waals surface area contributed by atoms with E-state index in [4.69, 9.17) is 10.4 Å². The highest BCUT2D eigenvalue weighted by Gasteiger charge is 2.21. The minimum Gasteiger partial charge on any atom is -0.391 e. The second kappa shape index (κ2) is 4.34. The molecule has 14 heavy (non-hydrogen) atoms. The summed E-state index contributed by atoms with van der Waals surface area (Å²) in [6.07, 6.45) is 0. The number of aliphatic hydroxyl groups excluding tert-OH is 1. The summed E-state index contributed by atoms with van der Waals surface area (Å²) in [7, 11) is 0. The van der Waals surface area contributed by atoms with Crippen molar-refractivity contribution >= 4 is 28.3 Å². The van der Waals surface area contributed by atoms with Gasteiger partial charge in [-0.05, 0) is 34.7 Å². The predicted octanol–water partition coefficient (Wildman–Crippen LogP) is 1.56. The molecule has 0 bridgehead atoms. The second-order valence-electron chi connectivity index (χ2n) is 2.46. The van der Waals surface area contributed by atoms with E-state index in [1.54, 1.807) is 12.1 Å². The molecule has 0 unspecified atom stereocenters. The van der Waals surface area contributed by atoms with Crippen molar-refractivity contribution < 1.29 is 10.0 Å². The largest absolute Gasteiger partial charge is 0.391 e. The molecule has 5 nitrogen and oxygen atoms in total. The number of aliphatic hydroxyl groups is 1. The number of nitrogens with zero attached hydrogens (tertiary/aromatic N) is 2. The van der Waals surface area contributed by atoms with E-state index in [1.165, 1.54) is 6.07 Å². The highest BCUT2D eigenvalue weighted by Crippen LogP contribution is 2.27. The predicted molar refractivity (Wildman–Crippen MR) is 56.5 cm³/mol. The lowest BCUT2D eigenvalue weighted by atomic mass is 10.1. The van der Waals surface area contributed by atoms with Gasteiger partial charge in [-0.2, -0.15) is 5.26 Å². The van der Waals surface area contributed by atoms with E-state index in [-0.39, 0.29) is 16.8 Å². The summed E-state index contributed by atoms with van der Waals surface area (Å²) in [5, 5.41) is 28.2. The van der Waals surface area contributed by atoms with Gasteiger partial charge < -0.3 is 5.11 Å². The molecule has 0 aromatic heterocycles. The number of rotatable bonds is 2. The maximum atomic E-state index is 10.7. The fraction of sp³-hybridized carbons (Fsp3) is 0.125. The molecule has 0 aliphatic heterocycles. The number of nitro groups is 1. The van der Waals surface area contributed by atoms with E-state index in [0.29, 0.717) is 3.57 Å². The van der Waals surface area contributed by atoms with Crippen LogP contribution in [0.3, 0.4) is 0 Å². The van der Waals surface area contributed by atoms with Crippen molar-refractivity contribution in [2.45, 2.75) is 6.61 Å². The van der Waals surface area contributed by atoms with Gasteiger partial charge in [0.2, 0.25) is 0 Å². The molecule has 0 spiro atoms. The molecule has 1 rings (SSSR count). The maximum Gasteiger partial charge on any atom is 0.293 e. The third kappa shape index (κ3) is 1.83. The first-order chi connectivity index (χ1) is 6.61. The van der Waals surface area contributed by atoms with Crippen molar-refractivity contribution in [3.63, 3.8) is 0 Å². The van der Waals surface area contributed by atoms with Crippen LogP contribution in [0, 0.1) is 25.0 Å². The van der Waals surface area contributed by atoms with Crippen LogP contribution in [0.25, 0.3) is 0 Å². The molecule has 1 N–H and O–H groups in total. The van der Waals surface area contributed by atoms with Crippen LogP contribution in [-0.4, -0.2) is 10.0 Å². The van der Waals surface area contributed by atoms with Crippen LogP contribution in [0.2, 0.25) is 0 Å². The van der Waals surface area contributed by atoms with Gasteiger partial charge in [0.05, 0.1) is 17.1 Å². The summed E-state index contributed by atoms with van der Waals surface area (Å²) in [5.74, 6) is 0. The van der Waals surface area contributed by atoms with Crippen molar-refractivity contribution in [1.82, 2.24) is 0 Å². The van der Waals surface area contributed by atoms with E-state index in [2.05, 4.69) is 0 Å². The molecular weight excluding hydrogens is 299 g/mol. The highest BCUT2D eigenvalue weighted by molar-refractivity contribution is 14.1. The molecule has 6 heteroatoms. The summed E-state index contributed by atoms with van der Waals surface area (Å²) >= 11 is 1.84. The number of nitro benzene ring substituents is 1. The standard InChI is InChI=1S/C8H5IN2O3/c9-7-2-1-5(4-12)8(11(13)14)6(7)3-10/h1-2,12H,4H2. The summed E-state index contributed by atoms with van der Waals surface area (Å²) < 4.78 is 0.508. The molecule has 0 saturated carbocycles. The Morgan fingerprint density at radius 1 is 1.64 bits per heavy atom. The number of benzene rings is 1. The zero-order valence-electron chi connectivity index (χ0n) is 6.90. The van der Waals surface area contributed by atoms with Crippen LogP contribution in [0.4, 0.5) is 5.69 Å². The van der Waals surface area contributed by atoms with E-state index in [9.17, 15) is 10.1 Å². The lowest BCUT2D eigenvalue weighted by Gasteiger charge is -2.02. The molecular formula is C8H5IN2O3. The average molecular weight is 304 g/mol. The van der Waals surface area contributed by atoms with Crippen molar-refractivity contribution in [2.75, 3.05) is 0 Å². The first-order valence-electron chi connectivity index (χ1n) is 3.58. The molecule has 0 fully saturated rings. The summed E-state index contributed by atoms with van der Waals surface area (Å²) in [6.45, 7) is -0.443. The number of hydrogen-bond donors (Lipinski definition) is 1. The fourth-order valence-corrected chi connectivity index (χ4v) is 1.61. The Morgan fingerprint density at radius 2 is 2.29 bits per heavy atom. The van der Waals surface area contributed by atoms with Crippen molar-refractivity contribution in [3.05, 3.63) is 36.9 Å². The highest BCUT2D eigenvalue weighted by atomic mass is 127. The summed E-state index contributed by atoms with van der Waals surface area (Å²) in [4.78, 5) is 10.0. The van der Waals surface area contributed by atoms with E-state index >= 15 is 0 Å². The van der Waals surface area contributed by atoms with Gasteiger partial charge >= 0.3 is 0 Å². The third-order valence-electron chi connectivity index (χ3n) is 1.68. The molecule has 0 amide bonds. The number of nitriles is 1. The molecule has 0 radical (unpaired) electrons. The van der Waals surface area contributed by atoms with E-state index in [1.807, 2.05) is 22.6 Å². The zero-order chi connectivity index (χ0) is 10.7. The number of halogens is 1. The van der Waals surface area contributed by atoms with Gasteiger partial charge in [-0.1, -0.05) is 0 Å². The van der Waals surface area contributed by atoms with Gasteiger partial charge in [0.15, 0.2) is 0 Å². The van der Waals surface area contributed by atoms with Crippen molar-refractivity contribution in [3.8, 4) is 6.07 Å². The Hall–Kier alpha value is -1.20. The normalized spacial score (nSPS) is 9.50. The molecule has 0 aliphatic rings.